The van der Waals surface area contributed by atoms with E-state index >= 15 is 0 Å². The maximum absolute atomic E-state index is 12.2. The van der Waals surface area contributed by atoms with Crippen molar-refractivity contribution in [1.29, 1.82) is 0 Å². The van der Waals surface area contributed by atoms with Gasteiger partial charge in [-0.3, -0.25) is 4.79 Å². The van der Waals surface area contributed by atoms with Crippen molar-refractivity contribution in [3.63, 3.8) is 0 Å². The molecule has 0 radical (unpaired) electrons. The molecule has 2 rings (SSSR count). The molecular formula is C15H20N2O3S. The van der Waals surface area contributed by atoms with Crippen LogP contribution in [-0.4, -0.2) is 41.4 Å². The lowest BCUT2D eigenvalue weighted by Crippen LogP contribution is -2.46. The van der Waals surface area contributed by atoms with Crippen LogP contribution in [0.2, 0.25) is 0 Å². The van der Waals surface area contributed by atoms with E-state index in [2.05, 4.69) is 5.32 Å². The second-order valence-electron chi connectivity index (χ2n) is 5.51. The van der Waals surface area contributed by atoms with Crippen LogP contribution in [0.5, 0.6) is 0 Å². The molecule has 1 saturated heterocycles. The van der Waals surface area contributed by atoms with Crippen molar-refractivity contribution >= 4 is 29.4 Å². The van der Waals surface area contributed by atoms with Crippen LogP contribution in [0.25, 0.3) is 0 Å². The lowest BCUT2D eigenvalue weighted by atomic mass is 9.80. The first-order valence-electron chi connectivity index (χ1n) is 6.88. The molecular weight excluding hydrogens is 288 g/mol. The number of anilines is 1. The van der Waals surface area contributed by atoms with Gasteiger partial charge in [0.1, 0.15) is 0 Å². The number of thioether (sulfide) groups is 1. The first-order valence-corrected chi connectivity index (χ1v) is 8.10. The van der Waals surface area contributed by atoms with E-state index < -0.39 is 11.4 Å². The Kier molecular flexibility index (Phi) is 4.77. The monoisotopic (exact) mass is 308 g/mol. The van der Waals surface area contributed by atoms with E-state index in [0.717, 1.165) is 10.6 Å². The van der Waals surface area contributed by atoms with Gasteiger partial charge in [0, 0.05) is 23.7 Å². The van der Waals surface area contributed by atoms with Crippen molar-refractivity contribution in [2.75, 3.05) is 24.7 Å². The number of benzene rings is 1. The molecule has 1 fully saturated rings. The first kappa shape index (κ1) is 15.7. The number of aliphatic carboxylic acids is 1. The summed E-state index contributed by atoms with van der Waals surface area (Å²) in [5, 5.41) is 12.0. The number of carbonyl (C=O) groups excluding carboxylic acids is 1. The van der Waals surface area contributed by atoms with Crippen molar-refractivity contribution in [2.45, 2.75) is 24.7 Å². The van der Waals surface area contributed by atoms with Crippen LogP contribution in [0.3, 0.4) is 0 Å². The van der Waals surface area contributed by atoms with Crippen LogP contribution in [0.1, 0.15) is 19.8 Å². The number of carboxylic acids is 1. The Labute approximate surface area is 128 Å². The van der Waals surface area contributed by atoms with Crippen molar-refractivity contribution < 1.29 is 14.7 Å². The summed E-state index contributed by atoms with van der Waals surface area (Å²) < 4.78 is 0. The minimum atomic E-state index is -0.782. The summed E-state index contributed by atoms with van der Waals surface area (Å²) in [5.41, 5.74) is 0.0425. The van der Waals surface area contributed by atoms with E-state index in [1.807, 2.05) is 30.5 Å². The smallest absolute Gasteiger partial charge is 0.321 e. The average molecular weight is 308 g/mol. The number of hydrogen-bond donors (Lipinski definition) is 2. The molecule has 0 aromatic heterocycles. The number of hydrogen-bond acceptors (Lipinski definition) is 3. The first-order chi connectivity index (χ1) is 9.94. The summed E-state index contributed by atoms with van der Waals surface area (Å²) in [6.45, 7) is 2.68. The number of likely N-dealkylation sites (tertiary alicyclic amines) is 1. The Balaban J connectivity index is 1.91. The molecule has 2 N–H and O–H groups in total. The molecule has 1 aromatic carbocycles. The van der Waals surface area contributed by atoms with Gasteiger partial charge in [-0.05, 0) is 50.3 Å². The number of carboxylic acid groups (broad SMARTS) is 1. The topological polar surface area (TPSA) is 69.6 Å². The van der Waals surface area contributed by atoms with Gasteiger partial charge < -0.3 is 15.3 Å². The maximum atomic E-state index is 12.2. The number of nitrogens with zero attached hydrogens (tertiary/aromatic N) is 1. The molecule has 1 aromatic rings. The molecule has 1 aliphatic heterocycles. The summed E-state index contributed by atoms with van der Waals surface area (Å²) in [6, 6.07) is 7.49. The Morgan fingerprint density at radius 3 is 2.29 bits per heavy atom. The van der Waals surface area contributed by atoms with Crippen LogP contribution in [0.15, 0.2) is 29.2 Å². The lowest BCUT2D eigenvalue weighted by molar-refractivity contribution is -0.150. The van der Waals surface area contributed by atoms with Crippen molar-refractivity contribution in [1.82, 2.24) is 4.90 Å². The quantitative estimate of drug-likeness (QED) is 0.842. The summed E-state index contributed by atoms with van der Waals surface area (Å²) >= 11 is 1.65. The van der Waals surface area contributed by atoms with Crippen LogP contribution in [0, 0.1) is 5.41 Å². The van der Waals surface area contributed by atoms with Gasteiger partial charge >= 0.3 is 12.0 Å². The number of carbonyl (C=O) groups is 2. The minimum absolute atomic E-state index is 0.167. The fourth-order valence-corrected chi connectivity index (χ4v) is 2.70. The normalized spacial score (nSPS) is 17.3. The van der Waals surface area contributed by atoms with Gasteiger partial charge in [0.2, 0.25) is 0 Å². The second-order valence-corrected chi connectivity index (χ2v) is 6.39. The molecule has 5 nitrogen and oxygen atoms in total. The minimum Gasteiger partial charge on any atom is -0.481 e. The van der Waals surface area contributed by atoms with Gasteiger partial charge in [0.05, 0.1) is 5.41 Å². The van der Waals surface area contributed by atoms with E-state index in [1.165, 1.54) is 0 Å². The summed E-state index contributed by atoms with van der Waals surface area (Å²) in [7, 11) is 0. The fraction of sp³-hybridized carbons (Fsp3) is 0.467. The van der Waals surface area contributed by atoms with E-state index in [0.29, 0.717) is 25.9 Å². The van der Waals surface area contributed by atoms with Crippen LogP contribution in [0.4, 0.5) is 10.5 Å². The highest BCUT2D eigenvalue weighted by atomic mass is 32.2. The Bertz CT molecular complexity index is 522. The maximum Gasteiger partial charge on any atom is 0.321 e. The third-order valence-corrected chi connectivity index (χ3v) is 4.76. The Morgan fingerprint density at radius 2 is 1.81 bits per heavy atom. The van der Waals surface area contributed by atoms with E-state index in [4.69, 9.17) is 0 Å². The molecule has 2 amide bonds. The van der Waals surface area contributed by atoms with E-state index in [-0.39, 0.29) is 6.03 Å². The zero-order chi connectivity index (χ0) is 15.5. The van der Waals surface area contributed by atoms with E-state index in [9.17, 15) is 14.7 Å². The molecule has 6 heteroatoms. The van der Waals surface area contributed by atoms with Crippen molar-refractivity contribution in [3.8, 4) is 0 Å². The molecule has 1 aliphatic rings. The predicted molar refractivity (Wildman–Crippen MR) is 83.8 cm³/mol. The molecule has 114 valence electrons. The molecule has 21 heavy (non-hydrogen) atoms. The lowest BCUT2D eigenvalue weighted by Gasteiger charge is -2.36. The number of rotatable bonds is 3. The predicted octanol–water partition coefficient (Wildman–Crippen LogP) is 3.13. The van der Waals surface area contributed by atoms with Gasteiger partial charge in [0.15, 0.2) is 0 Å². The summed E-state index contributed by atoms with van der Waals surface area (Å²) in [4.78, 5) is 26.2. The molecule has 0 spiro atoms. The zero-order valence-electron chi connectivity index (χ0n) is 12.3. The van der Waals surface area contributed by atoms with Gasteiger partial charge in [-0.25, -0.2) is 4.79 Å². The molecule has 0 bridgehead atoms. The number of piperidine rings is 1. The van der Waals surface area contributed by atoms with Crippen LogP contribution in [-0.2, 0) is 4.79 Å². The second kappa shape index (κ2) is 6.39. The molecule has 1 heterocycles. The Hall–Kier alpha value is -1.69. The average Bonchev–Trinajstić information content (AvgIpc) is 2.48. The Morgan fingerprint density at radius 1 is 1.24 bits per heavy atom. The standard InChI is InChI=1S/C15H20N2O3S/c1-15(13(18)19)7-9-17(10-8-15)14(20)16-11-3-5-12(21-2)6-4-11/h3-6H,7-10H2,1-2H3,(H,16,20)(H,18,19). The molecule has 0 saturated carbocycles. The van der Waals surface area contributed by atoms with Gasteiger partial charge in [0.25, 0.3) is 0 Å². The zero-order valence-corrected chi connectivity index (χ0v) is 13.1. The van der Waals surface area contributed by atoms with Gasteiger partial charge in [-0.1, -0.05) is 0 Å². The van der Waals surface area contributed by atoms with Gasteiger partial charge in [-0.2, -0.15) is 0 Å². The number of urea groups is 1. The van der Waals surface area contributed by atoms with E-state index in [1.54, 1.807) is 23.6 Å². The highest BCUT2D eigenvalue weighted by Gasteiger charge is 2.37. The number of nitrogens with one attached hydrogen (secondary N) is 1. The third kappa shape index (κ3) is 3.69. The summed E-state index contributed by atoms with van der Waals surface area (Å²) in [6.07, 6.45) is 2.98. The summed E-state index contributed by atoms with van der Waals surface area (Å²) in [5.74, 6) is -0.782. The highest BCUT2D eigenvalue weighted by Crippen LogP contribution is 2.31. The van der Waals surface area contributed by atoms with Crippen molar-refractivity contribution in [3.05, 3.63) is 24.3 Å². The third-order valence-electron chi connectivity index (χ3n) is 4.01. The van der Waals surface area contributed by atoms with Crippen LogP contribution >= 0.6 is 11.8 Å². The molecule has 0 unspecified atom stereocenters. The van der Waals surface area contributed by atoms with Crippen molar-refractivity contribution in [2.24, 2.45) is 5.41 Å². The largest absolute Gasteiger partial charge is 0.481 e. The van der Waals surface area contributed by atoms with Gasteiger partial charge in [-0.15, -0.1) is 11.8 Å². The highest BCUT2D eigenvalue weighted by molar-refractivity contribution is 7.98. The number of amides is 2. The fourth-order valence-electron chi connectivity index (χ4n) is 2.29. The SMILES string of the molecule is CSc1ccc(NC(=O)N2CCC(C)(C(=O)O)CC2)cc1. The molecule has 0 atom stereocenters. The molecule has 0 aliphatic carbocycles. The van der Waals surface area contributed by atoms with Crippen LogP contribution < -0.4 is 5.32 Å².